The van der Waals surface area contributed by atoms with Crippen molar-refractivity contribution in [3.63, 3.8) is 0 Å². The van der Waals surface area contributed by atoms with Crippen LogP contribution in [-0.2, 0) is 14.6 Å². The molecule has 1 aromatic rings. The fraction of sp³-hybridized carbons (Fsp3) is 0.545. The van der Waals surface area contributed by atoms with Crippen LogP contribution in [0.5, 0.6) is 0 Å². The highest BCUT2D eigenvalue weighted by atomic mass is 32.2. The van der Waals surface area contributed by atoms with Crippen molar-refractivity contribution in [2.24, 2.45) is 0 Å². The highest BCUT2D eigenvalue weighted by Gasteiger charge is 2.34. The standard InChI is InChI=1S/C11H14F3NO3S2/c1-8(9-4-3-5-19-9)20(17,18)6-10(16)15(2)7-11(12,13)14/h3-5,8H,6-7H2,1-2H3. The third kappa shape index (κ3) is 4.78. The second-order valence-corrected chi connectivity index (χ2v) is 7.63. The summed E-state index contributed by atoms with van der Waals surface area (Å²) in [6.45, 7) is -0.0487. The summed E-state index contributed by atoms with van der Waals surface area (Å²) in [7, 11) is -2.90. The Hall–Kier alpha value is -1.09. The number of nitrogens with zero attached hydrogens (tertiary/aromatic N) is 1. The van der Waals surface area contributed by atoms with E-state index in [1.165, 1.54) is 18.3 Å². The number of thiophene rings is 1. The number of amides is 1. The fourth-order valence-electron chi connectivity index (χ4n) is 1.46. The zero-order valence-corrected chi connectivity index (χ0v) is 12.5. The van der Waals surface area contributed by atoms with E-state index in [1.54, 1.807) is 17.5 Å². The molecule has 9 heteroatoms. The van der Waals surface area contributed by atoms with Gasteiger partial charge in [-0.1, -0.05) is 6.07 Å². The molecule has 1 rings (SSSR count). The Labute approximate surface area is 119 Å². The Morgan fingerprint density at radius 1 is 1.45 bits per heavy atom. The Balaban J connectivity index is 2.74. The van der Waals surface area contributed by atoms with Crippen LogP contribution in [-0.4, -0.2) is 44.7 Å². The van der Waals surface area contributed by atoms with Crippen molar-refractivity contribution in [1.29, 1.82) is 0 Å². The first-order valence-corrected chi connectivity index (χ1v) is 8.18. The highest BCUT2D eigenvalue weighted by Crippen LogP contribution is 2.26. The lowest BCUT2D eigenvalue weighted by molar-refractivity contribution is -0.156. The minimum absolute atomic E-state index is 0.374. The maximum absolute atomic E-state index is 12.1. The molecule has 1 amide bonds. The summed E-state index contributed by atoms with van der Waals surface area (Å²) >= 11 is 1.22. The topological polar surface area (TPSA) is 54.5 Å². The molecule has 0 aliphatic heterocycles. The number of alkyl halides is 3. The van der Waals surface area contributed by atoms with E-state index >= 15 is 0 Å². The normalized spacial score (nSPS) is 14.1. The Morgan fingerprint density at radius 2 is 2.05 bits per heavy atom. The SMILES string of the molecule is CC(c1cccs1)S(=O)(=O)CC(=O)N(C)CC(F)(F)F. The van der Waals surface area contributed by atoms with Crippen LogP contribution in [0.3, 0.4) is 0 Å². The average Bonchev–Trinajstić information content (AvgIpc) is 2.78. The Morgan fingerprint density at radius 3 is 2.50 bits per heavy atom. The van der Waals surface area contributed by atoms with Gasteiger partial charge in [-0.2, -0.15) is 13.2 Å². The lowest BCUT2D eigenvalue weighted by Gasteiger charge is -2.20. The van der Waals surface area contributed by atoms with Crippen LogP contribution in [0.4, 0.5) is 13.2 Å². The van der Waals surface area contributed by atoms with E-state index in [-0.39, 0.29) is 0 Å². The summed E-state index contributed by atoms with van der Waals surface area (Å²) in [5.41, 5.74) is 0. The molecule has 1 unspecified atom stereocenters. The molecule has 4 nitrogen and oxygen atoms in total. The summed E-state index contributed by atoms with van der Waals surface area (Å²) in [6.07, 6.45) is -4.55. The summed E-state index contributed by atoms with van der Waals surface area (Å²) in [5, 5.41) is 0.782. The van der Waals surface area contributed by atoms with E-state index in [9.17, 15) is 26.4 Å². The molecule has 0 fully saturated rings. The number of halogens is 3. The molecule has 1 aromatic heterocycles. The van der Waals surface area contributed by atoms with Gasteiger partial charge in [0.05, 0.1) is 5.25 Å². The van der Waals surface area contributed by atoms with Crippen LogP contribution in [0, 0.1) is 0 Å². The average molecular weight is 329 g/mol. The first-order chi connectivity index (χ1) is 9.03. The minimum Gasteiger partial charge on any atom is -0.336 e. The van der Waals surface area contributed by atoms with Crippen LogP contribution in [0.15, 0.2) is 17.5 Å². The zero-order chi connectivity index (χ0) is 15.6. The van der Waals surface area contributed by atoms with Gasteiger partial charge in [-0.05, 0) is 18.4 Å². The smallest absolute Gasteiger partial charge is 0.336 e. The maximum Gasteiger partial charge on any atom is 0.406 e. The van der Waals surface area contributed by atoms with Gasteiger partial charge in [-0.25, -0.2) is 8.42 Å². The van der Waals surface area contributed by atoms with E-state index < -0.39 is 39.5 Å². The van der Waals surface area contributed by atoms with E-state index in [0.29, 0.717) is 9.78 Å². The molecule has 0 aliphatic carbocycles. The van der Waals surface area contributed by atoms with Crippen LogP contribution < -0.4 is 0 Å². The molecule has 1 atom stereocenters. The van der Waals surface area contributed by atoms with Crippen molar-refractivity contribution in [3.05, 3.63) is 22.4 Å². The summed E-state index contributed by atoms with van der Waals surface area (Å²) < 4.78 is 60.4. The largest absolute Gasteiger partial charge is 0.406 e. The maximum atomic E-state index is 12.1. The van der Waals surface area contributed by atoms with Gasteiger partial charge >= 0.3 is 6.18 Å². The van der Waals surface area contributed by atoms with E-state index in [0.717, 1.165) is 7.05 Å². The second-order valence-electron chi connectivity index (χ2n) is 4.33. The number of hydrogen-bond acceptors (Lipinski definition) is 4. The van der Waals surface area contributed by atoms with Crippen molar-refractivity contribution < 1.29 is 26.4 Å². The van der Waals surface area contributed by atoms with E-state index in [2.05, 4.69) is 0 Å². The van der Waals surface area contributed by atoms with Gasteiger partial charge in [0.2, 0.25) is 5.91 Å². The monoisotopic (exact) mass is 329 g/mol. The molecule has 0 saturated heterocycles. The third-order valence-corrected chi connectivity index (χ3v) is 5.83. The molecule has 0 aromatic carbocycles. The minimum atomic E-state index is -4.55. The van der Waals surface area contributed by atoms with Crippen molar-refractivity contribution in [2.45, 2.75) is 18.3 Å². The van der Waals surface area contributed by atoms with Gasteiger partial charge in [-0.3, -0.25) is 4.79 Å². The van der Waals surface area contributed by atoms with Crippen LogP contribution in [0.1, 0.15) is 17.1 Å². The lowest BCUT2D eigenvalue weighted by atomic mass is 10.4. The molecular weight excluding hydrogens is 315 g/mol. The molecule has 20 heavy (non-hydrogen) atoms. The van der Waals surface area contributed by atoms with Gasteiger partial charge in [-0.15, -0.1) is 11.3 Å². The molecule has 0 spiro atoms. The fourth-order valence-corrected chi connectivity index (χ4v) is 3.98. The lowest BCUT2D eigenvalue weighted by Crippen LogP contribution is -2.39. The summed E-state index contributed by atoms with van der Waals surface area (Å²) in [5.74, 6) is -2.00. The third-order valence-electron chi connectivity index (χ3n) is 2.65. The number of carbonyl (C=O) groups is 1. The zero-order valence-electron chi connectivity index (χ0n) is 10.8. The highest BCUT2D eigenvalue weighted by molar-refractivity contribution is 7.92. The van der Waals surface area contributed by atoms with Crippen molar-refractivity contribution in [2.75, 3.05) is 19.3 Å². The predicted molar refractivity (Wildman–Crippen MR) is 70.2 cm³/mol. The predicted octanol–water partition coefficient (Wildman–Crippen LogP) is 2.24. The summed E-state index contributed by atoms with van der Waals surface area (Å²) in [6, 6.07) is 3.28. The molecule has 0 bridgehead atoms. The van der Waals surface area contributed by atoms with Gasteiger partial charge in [0.1, 0.15) is 12.3 Å². The van der Waals surface area contributed by atoms with Crippen LogP contribution in [0.25, 0.3) is 0 Å². The number of carbonyl (C=O) groups excluding carboxylic acids is 1. The first kappa shape index (κ1) is 17.0. The van der Waals surface area contributed by atoms with Crippen molar-refractivity contribution in [3.8, 4) is 0 Å². The quantitative estimate of drug-likeness (QED) is 0.832. The molecule has 0 saturated carbocycles. The molecule has 0 aliphatic rings. The molecule has 1 heterocycles. The van der Waals surface area contributed by atoms with Gasteiger partial charge < -0.3 is 4.90 Å². The number of hydrogen-bond donors (Lipinski definition) is 0. The summed E-state index contributed by atoms with van der Waals surface area (Å²) in [4.78, 5) is 12.5. The van der Waals surface area contributed by atoms with Crippen molar-refractivity contribution >= 4 is 27.1 Å². The van der Waals surface area contributed by atoms with Gasteiger partial charge in [0.15, 0.2) is 9.84 Å². The van der Waals surface area contributed by atoms with Crippen LogP contribution >= 0.6 is 11.3 Å². The number of rotatable bonds is 5. The van der Waals surface area contributed by atoms with Crippen LogP contribution in [0.2, 0.25) is 0 Å². The number of sulfone groups is 1. The molecule has 0 radical (unpaired) electrons. The molecule has 0 N–H and O–H groups in total. The molecular formula is C11H14F3NO3S2. The van der Waals surface area contributed by atoms with Gasteiger partial charge in [0, 0.05) is 11.9 Å². The second kappa shape index (κ2) is 6.13. The van der Waals surface area contributed by atoms with Crippen molar-refractivity contribution in [1.82, 2.24) is 4.90 Å². The Kier molecular flexibility index (Phi) is 5.20. The first-order valence-electron chi connectivity index (χ1n) is 5.58. The van der Waals surface area contributed by atoms with E-state index in [1.807, 2.05) is 0 Å². The Bertz CT molecular complexity index is 552. The molecule has 114 valence electrons. The van der Waals surface area contributed by atoms with Gasteiger partial charge in [0.25, 0.3) is 0 Å². The van der Waals surface area contributed by atoms with E-state index in [4.69, 9.17) is 0 Å².